The van der Waals surface area contributed by atoms with Crippen LogP contribution in [-0.4, -0.2) is 79.8 Å². The first-order valence-electron chi connectivity index (χ1n) is 13.9. The molecule has 4 fully saturated rings. The van der Waals surface area contributed by atoms with E-state index in [9.17, 15) is 35.4 Å². The third kappa shape index (κ3) is 4.24. The molecule has 0 aromatic heterocycles. The molecular weight excluding hydrogens is 464 g/mol. The number of rotatable bonds is 6. The minimum absolute atomic E-state index is 0.0588. The van der Waals surface area contributed by atoms with Gasteiger partial charge in [0.2, 0.25) is 0 Å². The van der Waals surface area contributed by atoms with E-state index in [-0.39, 0.29) is 54.0 Å². The Morgan fingerprint density at radius 2 is 1.69 bits per heavy atom. The molecule has 0 unspecified atom stereocenters. The molecule has 8 heteroatoms. The molecule has 1 aliphatic heterocycles. The summed E-state index contributed by atoms with van der Waals surface area (Å²) in [5.74, 6) is -1.24. The fourth-order valence-corrected chi connectivity index (χ4v) is 9.25. The molecule has 13 atom stereocenters. The summed E-state index contributed by atoms with van der Waals surface area (Å²) in [4.78, 5) is 13.0. The van der Waals surface area contributed by atoms with Crippen LogP contribution in [0, 0.1) is 52.3 Å². The van der Waals surface area contributed by atoms with Gasteiger partial charge in [-0.1, -0.05) is 27.7 Å². The van der Waals surface area contributed by atoms with Gasteiger partial charge in [0.05, 0.1) is 36.4 Å². The molecule has 3 saturated carbocycles. The standard InChI is InChI=1S/C28H48O8/c1-14(2)15(12-29)23(32)24(33)28(5,35)22-7-6-17-16-13-36-25(34)19-10-20(30)21(31)11-27(19,4)18(16)8-9-26(17,22)3/h14-24,29-33,35H,6-13H2,1-5H3/t15-,16+,17+,18+,19-,20+,21-,22+,23-,24-,26+,27-,28-/m1/s1. The minimum atomic E-state index is -1.56. The lowest BCUT2D eigenvalue weighted by molar-refractivity contribution is -0.190. The summed E-state index contributed by atoms with van der Waals surface area (Å²) in [7, 11) is 0. The molecule has 4 aliphatic rings. The van der Waals surface area contributed by atoms with E-state index < -0.39 is 47.3 Å². The van der Waals surface area contributed by atoms with Crippen molar-refractivity contribution < 1.29 is 40.2 Å². The first-order valence-corrected chi connectivity index (χ1v) is 13.9. The van der Waals surface area contributed by atoms with Crippen molar-refractivity contribution in [3.8, 4) is 0 Å². The van der Waals surface area contributed by atoms with E-state index in [1.807, 2.05) is 13.8 Å². The summed E-state index contributed by atoms with van der Waals surface area (Å²) in [5.41, 5.74) is -2.36. The van der Waals surface area contributed by atoms with Crippen molar-refractivity contribution in [2.45, 2.75) is 103 Å². The van der Waals surface area contributed by atoms with E-state index in [0.29, 0.717) is 19.4 Å². The molecule has 0 aromatic carbocycles. The average Bonchev–Trinajstić information content (AvgIpc) is 3.12. The Morgan fingerprint density at radius 3 is 2.31 bits per heavy atom. The Hall–Kier alpha value is -0.770. The maximum absolute atomic E-state index is 13.0. The van der Waals surface area contributed by atoms with Crippen molar-refractivity contribution in [1.82, 2.24) is 0 Å². The summed E-state index contributed by atoms with van der Waals surface area (Å²) in [6.45, 7) is 9.63. The predicted molar refractivity (Wildman–Crippen MR) is 132 cm³/mol. The van der Waals surface area contributed by atoms with Crippen molar-refractivity contribution in [1.29, 1.82) is 0 Å². The molecule has 0 radical (unpaired) electrons. The zero-order valence-electron chi connectivity index (χ0n) is 22.5. The monoisotopic (exact) mass is 512 g/mol. The Kier molecular flexibility index (Phi) is 7.66. The van der Waals surface area contributed by atoms with Gasteiger partial charge in [0.25, 0.3) is 0 Å². The summed E-state index contributed by atoms with van der Waals surface area (Å²) in [6.07, 6.45) is -0.759. The van der Waals surface area contributed by atoms with E-state index >= 15 is 0 Å². The fraction of sp³-hybridized carbons (Fsp3) is 0.964. The lowest BCUT2D eigenvalue weighted by Crippen LogP contribution is -2.59. The van der Waals surface area contributed by atoms with Crippen molar-refractivity contribution in [3.05, 3.63) is 0 Å². The molecule has 0 aromatic rings. The van der Waals surface area contributed by atoms with Gasteiger partial charge in [-0.15, -0.1) is 0 Å². The van der Waals surface area contributed by atoms with Gasteiger partial charge in [0.1, 0.15) is 6.10 Å². The largest absolute Gasteiger partial charge is 0.465 e. The fourth-order valence-electron chi connectivity index (χ4n) is 9.25. The maximum Gasteiger partial charge on any atom is 0.309 e. The first kappa shape index (κ1) is 28.2. The van der Waals surface area contributed by atoms with E-state index in [2.05, 4.69) is 13.8 Å². The molecular formula is C28H48O8. The van der Waals surface area contributed by atoms with Gasteiger partial charge in [-0.2, -0.15) is 0 Å². The van der Waals surface area contributed by atoms with Gasteiger partial charge in [-0.25, -0.2) is 0 Å². The van der Waals surface area contributed by atoms with Gasteiger partial charge in [-0.3, -0.25) is 4.79 Å². The molecule has 0 bridgehead atoms. The second-order valence-electron chi connectivity index (χ2n) is 13.6. The van der Waals surface area contributed by atoms with Crippen LogP contribution in [0.1, 0.15) is 73.1 Å². The summed E-state index contributed by atoms with van der Waals surface area (Å²) < 4.78 is 5.81. The molecule has 8 nitrogen and oxygen atoms in total. The van der Waals surface area contributed by atoms with Gasteiger partial charge in [0.15, 0.2) is 0 Å². The highest BCUT2D eigenvalue weighted by Crippen LogP contribution is 2.66. The van der Waals surface area contributed by atoms with Gasteiger partial charge >= 0.3 is 5.97 Å². The van der Waals surface area contributed by atoms with Crippen molar-refractivity contribution in [2.24, 2.45) is 52.3 Å². The highest BCUT2D eigenvalue weighted by atomic mass is 16.5. The highest BCUT2D eigenvalue weighted by molar-refractivity contribution is 5.74. The number of hydrogen-bond donors (Lipinski definition) is 6. The Bertz CT molecular complexity index is 815. The third-order valence-corrected chi connectivity index (χ3v) is 11.5. The minimum Gasteiger partial charge on any atom is -0.465 e. The molecule has 0 amide bonds. The molecule has 6 N–H and O–H groups in total. The van der Waals surface area contributed by atoms with Gasteiger partial charge in [0, 0.05) is 12.5 Å². The van der Waals surface area contributed by atoms with Crippen molar-refractivity contribution in [3.63, 3.8) is 0 Å². The smallest absolute Gasteiger partial charge is 0.309 e. The van der Waals surface area contributed by atoms with Crippen LogP contribution in [0.5, 0.6) is 0 Å². The Morgan fingerprint density at radius 1 is 1.06 bits per heavy atom. The Balaban J connectivity index is 1.61. The summed E-state index contributed by atoms with van der Waals surface area (Å²) in [5, 5.41) is 64.5. The summed E-state index contributed by atoms with van der Waals surface area (Å²) >= 11 is 0. The quantitative estimate of drug-likeness (QED) is 0.293. The van der Waals surface area contributed by atoms with Crippen LogP contribution in [0.25, 0.3) is 0 Å². The number of fused-ring (bicyclic) bond motifs is 5. The number of esters is 1. The van der Waals surface area contributed by atoms with E-state index in [0.717, 1.165) is 19.3 Å². The number of carbonyl (C=O) groups is 1. The van der Waals surface area contributed by atoms with Crippen LogP contribution in [0.2, 0.25) is 0 Å². The topological polar surface area (TPSA) is 148 Å². The highest BCUT2D eigenvalue weighted by Gasteiger charge is 2.65. The molecule has 208 valence electrons. The van der Waals surface area contributed by atoms with Crippen molar-refractivity contribution in [2.75, 3.05) is 13.2 Å². The second kappa shape index (κ2) is 9.76. The molecule has 4 rings (SSSR count). The SMILES string of the molecule is CC(C)[C@@H](CO)[C@@H](O)[C@@H](O)[C@](C)(O)[C@H]1CC[C@H]2[C@@H]3COC(=O)[C@H]4C[C@H](O)[C@H](O)C[C@]4(C)[C@H]3CC[C@]12C. The van der Waals surface area contributed by atoms with Crippen LogP contribution in [0.3, 0.4) is 0 Å². The number of ether oxygens (including phenoxy) is 1. The number of hydrogen-bond acceptors (Lipinski definition) is 8. The van der Waals surface area contributed by atoms with Crippen LogP contribution in [-0.2, 0) is 9.53 Å². The maximum atomic E-state index is 13.0. The van der Waals surface area contributed by atoms with Gasteiger partial charge in [-0.05, 0) is 85.9 Å². The third-order valence-electron chi connectivity index (χ3n) is 11.5. The lowest BCUT2D eigenvalue weighted by Gasteiger charge is -2.57. The molecule has 36 heavy (non-hydrogen) atoms. The van der Waals surface area contributed by atoms with E-state index in [4.69, 9.17) is 4.74 Å². The van der Waals surface area contributed by atoms with Crippen molar-refractivity contribution >= 4 is 5.97 Å². The molecule has 0 spiro atoms. The number of cyclic esters (lactones) is 1. The van der Waals surface area contributed by atoms with Crippen LogP contribution >= 0.6 is 0 Å². The van der Waals surface area contributed by atoms with Gasteiger partial charge < -0.3 is 35.4 Å². The zero-order valence-corrected chi connectivity index (χ0v) is 22.5. The molecule has 1 saturated heterocycles. The zero-order chi connectivity index (χ0) is 26.8. The number of aliphatic hydroxyl groups excluding tert-OH is 5. The molecule has 1 heterocycles. The second-order valence-corrected chi connectivity index (χ2v) is 13.6. The molecule has 3 aliphatic carbocycles. The summed E-state index contributed by atoms with van der Waals surface area (Å²) in [6, 6.07) is 0. The Labute approximate surface area is 215 Å². The lowest BCUT2D eigenvalue weighted by atomic mass is 9.48. The van der Waals surface area contributed by atoms with E-state index in [1.54, 1.807) is 6.92 Å². The van der Waals surface area contributed by atoms with E-state index in [1.165, 1.54) is 0 Å². The van der Waals surface area contributed by atoms with Crippen LogP contribution in [0.4, 0.5) is 0 Å². The number of aliphatic hydroxyl groups is 6. The van der Waals surface area contributed by atoms with Crippen LogP contribution < -0.4 is 0 Å². The average molecular weight is 513 g/mol. The number of carbonyl (C=O) groups excluding carboxylic acids is 1. The predicted octanol–water partition coefficient (Wildman–Crippen LogP) is 1.48. The van der Waals surface area contributed by atoms with Crippen LogP contribution in [0.15, 0.2) is 0 Å². The first-order chi connectivity index (χ1) is 16.7. The normalized spacial score (nSPS) is 47.0.